The van der Waals surface area contributed by atoms with E-state index < -0.39 is 10.0 Å². The monoisotopic (exact) mass is 288 g/mol. The molecule has 108 valence electrons. The molecule has 0 unspecified atom stereocenters. The van der Waals surface area contributed by atoms with Crippen LogP contribution in [0, 0.1) is 0 Å². The Labute approximate surface area is 113 Å². The van der Waals surface area contributed by atoms with Crippen LogP contribution in [0.25, 0.3) is 0 Å². The summed E-state index contributed by atoms with van der Waals surface area (Å²) in [5.74, 6) is 0.573. The fourth-order valence-corrected chi connectivity index (χ4v) is 2.00. The van der Waals surface area contributed by atoms with E-state index in [2.05, 4.69) is 10.0 Å². The molecule has 1 aromatic rings. The minimum atomic E-state index is -3.15. The van der Waals surface area contributed by atoms with Crippen molar-refractivity contribution in [3.8, 4) is 11.5 Å². The first-order chi connectivity index (χ1) is 8.94. The first-order valence-electron chi connectivity index (χ1n) is 6.03. The molecule has 0 saturated carbocycles. The highest BCUT2D eigenvalue weighted by molar-refractivity contribution is 7.88. The fraction of sp³-hybridized carbons (Fsp3) is 0.500. The molecule has 0 aliphatic heterocycles. The van der Waals surface area contributed by atoms with E-state index in [1.54, 1.807) is 18.2 Å². The molecular formula is C12H20N2O4S. The van der Waals surface area contributed by atoms with Gasteiger partial charge in [-0.05, 0) is 13.0 Å². The van der Waals surface area contributed by atoms with Crippen LogP contribution in [0.5, 0.6) is 11.5 Å². The number of hydrogen-bond donors (Lipinski definition) is 3. The molecule has 1 rings (SSSR count). The second-order valence-corrected chi connectivity index (χ2v) is 5.87. The number of benzene rings is 1. The predicted molar refractivity (Wildman–Crippen MR) is 73.8 cm³/mol. The van der Waals surface area contributed by atoms with Crippen LogP contribution >= 0.6 is 0 Å². The zero-order chi connectivity index (χ0) is 14.3. The van der Waals surface area contributed by atoms with Gasteiger partial charge in [-0.25, -0.2) is 13.1 Å². The van der Waals surface area contributed by atoms with Crippen LogP contribution in [-0.2, 0) is 16.6 Å². The molecule has 1 aromatic carbocycles. The number of aromatic hydroxyl groups is 1. The van der Waals surface area contributed by atoms with Crippen molar-refractivity contribution >= 4 is 10.0 Å². The van der Waals surface area contributed by atoms with Gasteiger partial charge >= 0.3 is 0 Å². The number of ether oxygens (including phenoxy) is 1. The van der Waals surface area contributed by atoms with Crippen molar-refractivity contribution in [2.24, 2.45) is 0 Å². The van der Waals surface area contributed by atoms with Crippen molar-refractivity contribution in [3.05, 3.63) is 23.8 Å². The van der Waals surface area contributed by atoms with Gasteiger partial charge in [-0.1, -0.05) is 12.1 Å². The summed E-state index contributed by atoms with van der Waals surface area (Å²) in [4.78, 5) is 0. The number of para-hydroxylation sites is 1. The minimum Gasteiger partial charge on any atom is -0.504 e. The third-order valence-electron chi connectivity index (χ3n) is 2.36. The standard InChI is InChI=1S/C12H20N2O4S/c1-3-18-11-6-4-5-10(12(11)15)9-13-7-8-14-19(2,16)17/h4-6,13-15H,3,7-9H2,1-2H3. The van der Waals surface area contributed by atoms with Gasteiger partial charge in [-0.2, -0.15) is 0 Å². The Morgan fingerprint density at radius 1 is 1.32 bits per heavy atom. The highest BCUT2D eigenvalue weighted by atomic mass is 32.2. The number of hydrogen-bond acceptors (Lipinski definition) is 5. The van der Waals surface area contributed by atoms with Gasteiger partial charge in [-0.3, -0.25) is 0 Å². The Kier molecular flexibility index (Phi) is 6.07. The molecule has 0 spiro atoms. The van der Waals surface area contributed by atoms with Gasteiger partial charge in [-0.15, -0.1) is 0 Å². The molecule has 0 aliphatic carbocycles. The molecule has 0 atom stereocenters. The average Bonchev–Trinajstić information content (AvgIpc) is 2.32. The molecule has 19 heavy (non-hydrogen) atoms. The maximum absolute atomic E-state index is 10.8. The van der Waals surface area contributed by atoms with Crippen LogP contribution in [0.1, 0.15) is 12.5 Å². The number of nitrogens with one attached hydrogen (secondary N) is 2. The molecule has 3 N–H and O–H groups in total. The van der Waals surface area contributed by atoms with Crippen LogP contribution in [0.3, 0.4) is 0 Å². The Morgan fingerprint density at radius 2 is 2.05 bits per heavy atom. The summed E-state index contributed by atoms with van der Waals surface area (Å²) in [6, 6.07) is 5.29. The van der Waals surface area contributed by atoms with E-state index >= 15 is 0 Å². The Morgan fingerprint density at radius 3 is 2.68 bits per heavy atom. The molecule has 6 nitrogen and oxygen atoms in total. The van der Waals surface area contributed by atoms with Gasteiger partial charge in [0.25, 0.3) is 0 Å². The maximum Gasteiger partial charge on any atom is 0.208 e. The Bertz CT molecular complexity index is 502. The Balaban J connectivity index is 2.43. The molecule has 0 saturated heterocycles. The van der Waals surface area contributed by atoms with E-state index in [4.69, 9.17) is 4.74 Å². The third-order valence-corrected chi connectivity index (χ3v) is 3.09. The number of phenols is 1. The molecular weight excluding hydrogens is 268 g/mol. The predicted octanol–water partition coefficient (Wildman–Crippen LogP) is 0.430. The first kappa shape index (κ1) is 15.7. The van der Waals surface area contributed by atoms with Crippen LogP contribution in [0.4, 0.5) is 0 Å². The lowest BCUT2D eigenvalue weighted by molar-refractivity contribution is 0.316. The van der Waals surface area contributed by atoms with Gasteiger partial charge in [0, 0.05) is 25.2 Å². The molecule has 0 aromatic heterocycles. The SMILES string of the molecule is CCOc1cccc(CNCCNS(C)(=O)=O)c1O. The molecule has 0 fully saturated rings. The van der Waals surface area contributed by atoms with Gasteiger partial charge < -0.3 is 15.2 Å². The highest BCUT2D eigenvalue weighted by Crippen LogP contribution is 2.29. The maximum atomic E-state index is 10.8. The summed E-state index contributed by atoms with van der Waals surface area (Å²) >= 11 is 0. The summed E-state index contributed by atoms with van der Waals surface area (Å²) in [7, 11) is -3.15. The zero-order valence-electron chi connectivity index (χ0n) is 11.1. The summed E-state index contributed by atoms with van der Waals surface area (Å²) < 4.78 is 29.3. The molecule has 0 bridgehead atoms. The topological polar surface area (TPSA) is 87.7 Å². The number of rotatable bonds is 8. The van der Waals surface area contributed by atoms with Crippen molar-refractivity contribution in [1.82, 2.24) is 10.0 Å². The van der Waals surface area contributed by atoms with E-state index in [-0.39, 0.29) is 5.75 Å². The minimum absolute atomic E-state index is 0.118. The van der Waals surface area contributed by atoms with Crippen molar-refractivity contribution in [3.63, 3.8) is 0 Å². The Hall–Kier alpha value is -1.31. The van der Waals surface area contributed by atoms with Gasteiger partial charge in [0.1, 0.15) is 0 Å². The molecule has 7 heteroatoms. The van der Waals surface area contributed by atoms with Crippen molar-refractivity contribution in [2.45, 2.75) is 13.5 Å². The lowest BCUT2D eigenvalue weighted by atomic mass is 10.2. The van der Waals surface area contributed by atoms with Crippen LogP contribution < -0.4 is 14.8 Å². The normalized spacial score (nSPS) is 11.5. The second-order valence-electron chi connectivity index (χ2n) is 4.04. The van der Waals surface area contributed by atoms with Crippen molar-refractivity contribution < 1.29 is 18.3 Å². The van der Waals surface area contributed by atoms with Gasteiger partial charge in [0.15, 0.2) is 11.5 Å². The van der Waals surface area contributed by atoms with E-state index in [0.717, 1.165) is 6.26 Å². The van der Waals surface area contributed by atoms with E-state index in [1.165, 1.54) is 0 Å². The zero-order valence-corrected chi connectivity index (χ0v) is 12.0. The van der Waals surface area contributed by atoms with Crippen LogP contribution in [-0.4, -0.2) is 39.5 Å². The van der Waals surface area contributed by atoms with Gasteiger partial charge in [0.05, 0.1) is 12.9 Å². The van der Waals surface area contributed by atoms with Gasteiger partial charge in [0.2, 0.25) is 10.0 Å². The van der Waals surface area contributed by atoms with Crippen LogP contribution in [0.2, 0.25) is 0 Å². The lowest BCUT2D eigenvalue weighted by Gasteiger charge is -2.11. The first-order valence-corrected chi connectivity index (χ1v) is 7.92. The molecule has 0 heterocycles. The molecule has 0 amide bonds. The summed E-state index contributed by atoms with van der Waals surface area (Å²) in [6.07, 6.45) is 1.12. The lowest BCUT2D eigenvalue weighted by Crippen LogP contribution is -2.30. The smallest absolute Gasteiger partial charge is 0.208 e. The highest BCUT2D eigenvalue weighted by Gasteiger charge is 2.07. The van der Waals surface area contributed by atoms with E-state index in [0.29, 0.717) is 37.6 Å². The summed E-state index contributed by atoms with van der Waals surface area (Å²) in [5.41, 5.74) is 0.713. The van der Waals surface area contributed by atoms with Crippen LogP contribution in [0.15, 0.2) is 18.2 Å². The van der Waals surface area contributed by atoms with E-state index in [1.807, 2.05) is 6.92 Å². The number of sulfonamides is 1. The quantitative estimate of drug-likeness (QED) is 0.604. The summed E-state index contributed by atoms with van der Waals surface area (Å²) in [6.45, 7) is 3.57. The molecule has 0 radical (unpaired) electrons. The largest absolute Gasteiger partial charge is 0.504 e. The van der Waals surface area contributed by atoms with Crippen molar-refractivity contribution in [2.75, 3.05) is 26.0 Å². The molecule has 0 aliphatic rings. The van der Waals surface area contributed by atoms with Crippen molar-refractivity contribution in [1.29, 1.82) is 0 Å². The number of phenolic OH excluding ortho intramolecular Hbond substituents is 1. The van der Waals surface area contributed by atoms with E-state index in [9.17, 15) is 13.5 Å². The third kappa shape index (κ3) is 5.91. The fourth-order valence-electron chi connectivity index (χ4n) is 1.53. The summed E-state index contributed by atoms with van der Waals surface area (Å²) in [5, 5.41) is 13.0. The second kappa shape index (κ2) is 7.32. The average molecular weight is 288 g/mol.